The molecule has 2 atom stereocenters. The van der Waals surface area contributed by atoms with Gasteiger partial charge in [-0.05, 0) is 24.6 Å². The maximum absolute atomic E-state index is 13.9. The predicted molar refractivity (Wildman–Crippen MR) is 84.1 cm³/mol. The van der Waals surface area contributed by atoms with Gasteiger partial charge in [0.15, 0.2) is 0 Å². The van der Waals surface area contributed by atoms with Gasteiger partial charge in [0, 0.05) is 25.2 Å². The van der Waals surface area contributed by atoms with E-state index in [2.05, 4.69) is 5.32 Å². The fourth-order valence-corrected chi connectivity index (χ4v) is 2.85. The molecule has 3 nitrogen and oxygen atoms in total. The molecule has 0 saturated carbocycles. The lowest BCUT2D eigenvalue weighted by atomic mass is 10.0. The van der Waals surface area contributed by atoms with Crippen LogP contribution in [0, 0.1) is 5.82 Å². The number of rotatable bonds is 2. The van der Waals surface area contributed by atoms with Crippen molar-refractivity contribution in [3.05, 3.63) is 71.5 Å². The molecule has 1 aliphatic rings. The molecule has 114 valence electrons. The number of halogens is 1. The molecule has 2 unspecified atom stereocenters. The number of nitrogens with zero attached hydrogens (tertiary/aromatic N) is 1. The molecule has 0 bridgehead atoms. The van der Waals surface area contributed by atoms with Gasteiger partial charge < -0.3 is 10.2 Å². The molecule has 4 heteroatoms. The first kappa shape index (κ1) is 14.7. The second kappa shape index (κ2) is 6.28. The molecule has 3 rings (SSSR count). The highest BCUT2D eigenvalue weighted by atomic mass is 19.1. The van der Waals surface area contributed by atoms with Crippen LogP contribution in [-0.2, 0) is 0 Å². The third-order valence-corrected chi connectivity index (χ3v) is 4.14. The van der Waals surface area contributed by atoms with Crippen molar-refractivity contribution >= 4 is 5.91 Å². The number of amides is 1. The van der Waals surface area contributed by atoms with E-state index in [0.29, 0.717) is 13.1 Å². The van der Waals surface area contributed by atoms with Crippen LogP contribution in [0.25, 0.3) is 0 Å². The molecule has 2 aromatic rings. The van der Waals surface area contributed by atoms with Crippen LogP contribution in [0.5, 0.6) is 0 Å². The van der Waals surface area contributed by atoms with E-state index in [4.69, 9.17) is 0 Å². The summed E-state index contributed by atoms with van der Waals surface area (Å²) in [6.45, 7) is 3.21. The maximum Gasteiger partial charge on any atom is 0.257 e. The second-order valence-electron chi connectivity index (χ2n) is 5.66. The lowest BCUT2D eigenvalue weighted by Gasteiger charge is -2.39. The molecule has 1 aliphatic heterocycles. The van der Waals surface area contributed by atoms with Crippen molar-refractivity contribution in [1.29, 1.82) is 0 Å². The minimum atomic E-state index is -0.463. The first-order valence-electron chi connectivity index (χ1n) is 7.50. The fourth-order valence-electron chi connectivity index (χ4n) is 2.85. The Hall–Kier alpha value is -2.20. The summed E-state index contributed by atoms with van der Waals surface area (Å²) in [5.41, 5.74) is 1.28. The Morgan fingerprint density at radius 2 is 1.82 bits per heavy atom. The summed E-state index contributed by atoms with van der Waals surface area (Å²) >= 11 is 0. The smallest absolute Gasteiger partial charge is 0.257 e. The molecular weight excluding hydrogens is 279 g/mol. The van der Waals surface area contributed by atoms with Gasteiger partial charge in [-0.3, -0.25) is 4.79 Å². The number of nitrogens with one attached hydrogen (secondary N) is 1. The molecule has 0 aliphatic carbocycles. The number of hydrogen-bond acceptors (Lipinski definition) is 2. The highest BCUT2D eigenvalue weighted by molar-refractivity contribution is 5.94. The van der Waals surface area contributed by atoms with Gasteiger partial charge in [-0.25, -0.2) is 4.39 Å². The quantitative estimate of drug-likeness (QED) is 0.924. The molecule has 0 radical (unpaired) electrons. The zero-order valence-electron chi connectivity index (χ0n) is 12.5. The summed E-state index contributed by atoms with van der Waals surface area (Å²) in [5.74, 6) is -0.706. The van der Waals surface area contributed by atoms with E-state index < -0.39 is 5.82 Å². The topological polar surface area (TPSA) is 32.3 Å². The molecule has 1 saturated heterocycles. The Morgan fingerprint density at radius 1 is 1.14 bits per heavy atom. The number of piperazine rings is 1. The van der Waals surface area contributed by atoms with Gasteiger partial charge in [0.05, 0.1) is 5.56 Å². The largest absolute Gasteiger partial charge is 0.333 e. The van der Waals surface area contributed by atoms with E-state index in [1.54, 1.807) is 23.1 Å². The molecule has 1 heterocycles. The lowest BCUT2D eigenvalue weighted by molar-refractivity contribution is 0.0602. The third-order valence-electron chi connectivity index (χ3n) is 4.14. The Labute approximate surface area is 129 Å². The van der Waals surface area contributed by atoms with E-state index in [-0.39, 0.29) is 23.6 Å². The van der Waals surface area contributed by atoms with Crippen LogP contribution >= 0.6 is 0 Å². The lowest BCUT2D eigenvalue weighted by Crippen LogP contribution is -2.53. The average molecular weight is 298 g/mol. The van der Waals surface area contributed by atoms with Gasteiger partial charge in [0.1, 0.15) is 5.82 Å². The van der Waals surface area contributed by atoms with E-state index >= 15 is 0 Å². The average Bonchev–Trinajstić information content (AvgIpc) is 2.56. The molecule has 22 heavy (non-hydrogen) atoms. The van der Waals surface area contributed by atoms with Gasteiger partial charge in [-0.15, -0.1) is 0 Å². The molecule has 1 amide bonds. The minimum Gasteiger partial charge on any atom is -0.333 e. The summed E-state index contributed by atoms with van der Waals surface area (Å²) in [7, 11) is 0. The van der Waals surface area contributed by atoms with Crippen molar-refractivity contribution in [2.45, 2.75) is 19.0 Å². The highest BCUT2D eigenvalue weighted by Crippen LogP contribution is 2.22. The Balaban J connectivity index is 1.83. The monoisotopic (exact) mass is 298 g/mol. The van der Waals surface area contributed by atoms with Crippen LogP contribution < -0.4 is 5.32 Å². The van der Waals surface area contributed by atoms with Crippen LogP contribution in [0.15, 0.2) is 54.6 Å². The van der Waals surface area contributed by atoms with Crippen LogP contribution in [0.1, 0.15) is 28.9 Å². The summed E-state index contributed by atoms with van der Waals surface area (Å²) in [4.78, 5) is 14.4. The fraction of sp³-hybridized carbons (Fsp3) is 0.278. The summed E-state index contributed by atoms with van der Waals surface area (Å²) < 4.78 is 13.9. The highest BCUT2D eigenvalue weighted by Gasteiger charge is 2.30. The molecule has 2 aromatic carbocycles. The van der Waals surface area contributed by atoms with Crippen LogP contribution in [0.3, 0.4) is 0 Å². The van der Waals surface area contributed by atoms with Crippen LogP contribution in [0.2, 0.25) is 0 Å². The van der Waals surface area contributed by atoms with Crippen molar-refractivity contribution in [1.82, 2.24) is 10.2 Å². The molecule has 1 fully saturated rings. The third kappa shape index (κ3) is 2.88. The van der Waals surface area contributed by atoms with Gasteiger partial charge >= 0.3 is 0 Å². The predicted octanol–water partition coefficient (Wildman–Crippen LogP) is 3.00. The summed E-state index contributed by atoms with van der Waals surface area (Å²) in [5, 5.41) is 3.45. The van der Waals surface area contributed by atoms with Crippen LogP contribution in [-0.4, -0.2) is 29.9 Å². The maximum atomic E-state index is 13.9. The van der Waals surface area contributed by atoms with E-state index in [1.165, 1.54) is 6.07 Å². The SMILES string of the molecule is CC1CNC(c2ccccc2)CN1C(=O)c1ccccc1F. The second-order valence-corrected chi connectivity index (χ2v) is 5.66. The molecular formula is C18H19FN2O. The molecule has 0 spiro atoms. The molecule has 0 aromatic heterocycles. The van der Waals surface area contributed by atoms with E-state index in [9.17, 15) is 9.18 Å². The number of benzene rings is 2. The number of carbonyl (C=O) groups excluding carboxylic acids is 1. The van der Waals surface area contributed by atoms with Gasteiger partial charge in [-0.1, -0.05) is 42.5 Å². The minimum absolute atomic E-state index is 0.0343. The van der Waals surface area contributed by atoms with Gasteiger partial charge in [0.2, 0.25) is 0 Å². The first-order valence-corrected chi connectivity index (χ1v) is 7.50. The van der Waals surface area contributed by atoms with Crippen molar-refractivity contribution < 1.29 is 9.18 Å². The number of carbonyl (C=O) groups is 1. The van der Waals surface area contributed by atoms with Gasteiger partial charge in [0.25, 0.3) is 5.91 Å². The first-order chi connectivity index (χ1) is 10.7. The normalized spacial score (nSPS) is 21.6. The number of hydrogen-bond donors (Lipinski definition) is 1. The summed E-state index contributed by atoms with van der Waals surface area (Å²) in [6, 6.07) is 16.3. The Morgan fingerprint density at radius 3 is 2.55 bits per heavy atom. The standard InChI is InChI=1S/C18H19FN2O/c1-13-11-20-17(14-7-3-2-4-8-14)12-21(13)18(22)15-9-5-6-10-16(15)19/h2-10,13,17,20H,11-12H2,1H3. The van der Waals surface area contributed by atoms with Crippen molar-refractivity contribution in [2.24, 2.45) is 0 Å². The Kier molecular flexibility index (Phi) is 4.20. The zero-order valence-corrected chi connectivity index (χ0v) is 12.5. The van der Waals surface area contributed by atoms with E-state index in [0.717, 1.165) is 5.56 Å². The summed E-state index contributed by atoms with van der Waals surface area (Å²) in [6.07, 6.45) is 0. The van der Waals surface area contributed by atoms with Crippen molar-refractivity contribution in [3.8, 4) is 0 Å². The molecule has 1 N–H and O–H groups in total. The van der Waals surface area contributed by atoms with Gasteiger partial charge in [-0.2, -0.15) is 0 Å². The van der Waals surface area contributed by atoms with Crippen LogP contribution in [0.4, 0.5) is 4.39 Å². The Bertz CT molecular complexity index is 659. The zero-order chi connectivity index (χ0) is 15.5. The van der Waals surface area contributed by atoms with E-state index in [1.807, 2.05) is 37.3 Å². The van der Waals surface area contributed by atoms with Crippen molar-refractivity contribution in [2.75, 3.05) is 13.1 Å². The van der Waals surface area contributed by atoms with Crippen molar-refractivity contribution in [3.63, 3.8) is 0 Å².